The molecule has 0 amide bonds. The van der Waals surface area contributed by atoms with E-state index in [9.17, 15) is 13.4 Å². The summed E-state index contributed by atoms with van der Waals surface area (Å²) < 4.78 is 30.6. The van der Waals surface area contributed by atoms with Crippen LogP contribution in [0.3, 0.4) is 0 Å². The molecule has 4 nitrogen and oxygen atoms in total. The molecule has 0 heterocycles. The average molecular weight is 308 g/mol. The zero-order valence-corrected chi connectivity index (χ0v) is 12.0. The Bertz CT molecular complexity index is 700. The molecule has 1 N–H and O–H groups in total. The molecule has 0 saturated heterocycles. The van der Waals surface area contributed by atoms with Crippen molar-refractivity contribution in [1.82, 2.24) is 0 Å². The summed E-state index contributed by atoms with van der Waals surface area (Å²) in [5.41, 5.74) is 0.620. The Hall–Kier alpha value is -2.21. The van der Waals surface area contributed by atoms with Crippen LogP contribution in [0, 0.1) is 5.82 Å². The number of halogens is 1. The zero-order chi connectivity index (χ0) is 15.4. The van der Waals surface area contributed by atoms with E-state index in [1.807, 2.05) is 0 Å². The second kappa shape index (κ2) is 6.49. The molecule has 21 heavy (non-hydrogen) atoms. The average Bonchev–Trinajstić information content (AvgIpc) is 2.47. The van der Waals surface area contributed by atoms with Gasteiger partial charge in [-0.15, -0.1) is 0 Å². The topological polar surface area (TPSA) is 63.6 Å². The largest absolute Gasteiger partial charge is 0.494 e. The van der Waals surface area contributed by atoms with Gasteiger partial charge in [0.05, 0.1) is 29.2 Å². The molecule has 0 aromatic heterocycles. The summed E-state index contributed by atoms with van der Waals surface area (Å²) in [6.07, 6.45) is 0. The Labute approximate surface area is 123 Å². The van der Waals surface area contributed by atoms with Gasteiger partial charge in [-0.1, -0.05) is 12.1 Å². The summed E-state index contributed by atoms with van der Waals surface area (Å²) in [4.78, 5) is 11.3. The van der Waals surface area contributed by atoms with E-state index in [1.54, 1.807) is 12.1 Å². The van der Waals surface area contributed by atoms with Crippen LogP contribution in [0.5, 0.6) is 5.75 Å². The van der Waals surface area contributed by atoms with Gasteiger partial charge in [-0.05, 0) is 35.9 Å². The van der Waals surface area contributed by atoms with Crippen LogP contribution in [0.2, 0.25) is 0 Å². The first-order chi connectivity index (χ1) is 10.0. The Balaban J connectivity index is 2.20. The van der Waals surface area contributed by atoms with E-state index < -0.39 is 22.6 Å². The van der Waals surface area contributed by atoms with Crippen molar-refractivity contribution in [3.8, 4) is 5.75 Å². The van der Waals surface area contributed by atoms with Crippen LogP contribution in [0.25, 0.3) is 0 Å². The number of carbonyl (C=O) groups is 1. The zero-order valence-electron chi connectivity index (χ0n) is 11.2. The highest BCUT2D eigenvalue weighted by atomic mass is 32.2. The Morgan fingerprint density at radius 2 is 2.05 bits per heavy atom. The van der Waals surface area contributed by atoms with Crippen molar-refractivity contribution in [2.75, 3.05) is 7.11 Å². The molecule has 2 aromatic carbocycles. The van der Waals surface area contributed by atoms with Gasteiger partial charge in [0.2, 0.25) is 0 Å². The Kier molecular flexibility index (Phi) is 4.70. The van der Waals surface area contributed by atoms with Gasteiger partial charge < -0.3 is 9.84 Å². The van der Waals surface area contributed by atoms with E-state index in [0.717, 1.165) is 0 Å². The Morgan fingerprint density at radius 1 is 1.29 bits per heavy atom. The first-order valence-electron chi connectivity index (χ1n) is 6.05. The lowest BCUT2D eigenvalue weighted by Gasteiger charge is -2.06. The van der Waals surface area contributed by atoms with Crippen LogP contribution in [0.4, 0.5) is 4.39 Å². The lowest BCUT2D eigenvalue weighted by Crippen LogP contribution is -2.01. The van der Waals surface area contributed by atoms with Crippen LogP contribution in [0.15, 0.2) is 47.4 Å². The maximum atomic E-state index is 13.6. The Morgan fingerprint density at radius 3 is 2.67 bits per heavy atom. The standard InChI is InChI=1S/C15H13FO4S/c1-20-14-6-5-10(7-13(14)16)9-21(19)12-4-2-3-11(8-12)15(17)18/h2-8H,9H2,1H3,(H,17,18). The summed E-state index contributed by atoms with van der Waals surface area (Å²) in [6, 6.07) is 10.3. The minimum absolute atomic E-state index is 0.0711. The van der Waals surface area contributed by atoms with Crippen molar-refractivity contribution in [2.24, 2.45) is 0 Å². The predicted molar refractivity (Wildman–Crippen MR) is 76.5 cm³/mol. The third-order valence-corrected chi connectivity index (χ3v) is 4.23. The maximum absolute atomic E-state index is 13.6. The van der Waals surface area contributed by atoms with Crippen LogP contribution >= 0.6 is 0 Å². The highest BCUT2D eigenvalue weighted by Crippen LogP contribution is 2.20. The fraction of sp³-hybridized carbons (Fsp3) is 0.133. The van der Waals surface area contributed by atoms with Crippen LogP contribution in [-0.2, 0) is 16.6 Å². The number of carboxylic acids is 1. The van der Waals surface area contributed by atoms with Gasteiger partial charge in [-0.2, -0.15) is 0 Å². The number of carboxylic acid groups (broad SMARTS) is 1. The van der Waals surface area contributed by atoms with Crippen LogP contribution in [-0.4, -0.2) is 22.4 Å². The van der Waals surface area contributed by atoms with Gasteiger partial charge >= 0.3 is 5.97 Å². The molecule has 0 bridgehead atoms. The maximum Gasteiger partial charge on any atom is 0.335 e. The minimum atomic E-state index is -1.45. The van der Waals surface area contributed by atoms with E-state index >= 15 is 0 Å². The summed E-state index contributed by atoms with van der Waals surface area (Å²) in [7, 11) is -0.0802. The monoisotopic (exact) mass is 308 g/mol. The summed E-state index contributed by atoms with van der Waals surface area (Å²) in [6.45, 7) is 0. The summed E-state index contributed by atoms with van der Waals surface area (Å²) in [5, 5.41) is 8.91. The predicted octanol–water partition coefficient (Wildman–Crippen LogP) is 2.84. The van der Waals surface area contributed by atoms with E-state index in [1.165, 1.54) is 37.4 Å². The molecule has 1 unspecified atom stereocenters. The lowest BCUT2D eigenvalue weighted by atomic mass is 10.2. The fourth-order valence-corrected chi connectivity index (χ4v) is 2.94. The third kappa shape index (κ3) is 3.66. The molecule has 0 saturated carbocycles. The molecule has 0 aliphatic carbocycles. The molecule has 0 aliphatic rings. The number of rotatable bonds is 5. The third-order valence-electron chi connectivity index (χ3n) is 2.86. The van der Waals surface area contributed by atoms with Gasteiger partial charge in [0.25, 0.3) is 0 Å². The van der Waals surface area contributed by atoms with Crippen molar-refractivity contribution in [2.45, 2.75) is 10.6 Å². The smallest absolute Gasteiger partial charge is 0.335 e. The number of hydrogen-bond acceptors (Lipinski definition) is 3. The molecule has 0 spiro atoms. The second-order valence-corrected chi connectivity index (χ2v) is 5.74. The molecule has 2 rings (SSSR count). The van der Waals surface area contributed by atoms with Gasteiger partial charge in [0.1, 0.15) is 0 Å². The second-order valence-electron chi connectivity index (χ2n) is 4.29. The van der Waals surface area contributed by atoms with Crippen molar-refractivity contribution < 1.29 is 23.2 Å². The van der Waals surface area contributed by atoms with Crippen molar-refractivity contribution in [3.63, 3.8) is 0 Å². The van der Waals surface area contributed by atoms with Gasteiger partial charge in [-0.3, -0.25) is 4.21 Å². The van der Waals surface area contributed by atoms with E-state index in [0.29, 0.717) is 10.5 Å². The lowest BCUT2D eigenvalue weighted by molar-refractivity contribution is 0.0696. The first kappa shape index (κ1) is 15.2. The van der Waals surface area contributed by atoms with Gasteiger partial charge in [0.15, 0.2) is 11.6 Å². The van der Waals surface area contributed by atoms with Gasteiger partial charge in [0, 0.05) is 4.90 Å². The number of benzene rings is 2. The minimum Gasteiger partial charge on any atom is -0.494 e. The SMILES string of the molecule is COc1ccc(CS(=O)c2cccc(C(=O)O)c2)cc1F. The first-order valence-corrected chi connectivity index (χ1v) is 7.37. The van der Waals surface area contributed by atoms with Crippen molar-refractivity contribution >= 4 is 16.8 Å². The van der Waals surface area contributed by atoms with Crippen molar-refractivity contribution in [1.29, 1.82) is 0 Å². The number of methoxy groups -OCH3 is 1. The van der Waals surface area contributed by atoms with Crippen LogP contribution in [0.1, 0.15) is 15.9 Å². The van der Waals surface area contributed by atoms with E-state index in [2.05, 4.69) is 0 Å². The molecular weight excluding hydrogens is 295 g/mol. The summed E-state index contributed by atoms with van der Waals surface area (Å²) >= 11 is 0. The quantitative estimate of drug-likeness (QED) is 0.922. The van der Waals surface area contributed by atoms with Gasteiger partial charge in [-0.25, -0.2) is 9.18 Å². The molecule has 1 atom stereocenters. The molecule has 2 aromatic rings. The highest BCUT2D eigenvalue weighted by molar-refractivity contribution is 7.84. The van der Waals surface area contributed by atoms with E-state index in [4.69, 9.17) is 9.84 Å². The normalized spacial score (nSPS) is 11.9. The highest BCUT2D eigenvalue weighted by Gasteiger charge is 2.11. The van der Waals surface area contributed by atoms with E-state index in [-0.39, 0.29) is 17.1 Å². The number of hydrogen-bond donors (Lipinski definition) is 1. The number of ether oxygens (including phenoxy) is 1. The molecule has 0 fully saturated rings. The molecule has 110 valence electrons. The van der Waals surface area contributed by atoms with Crippen LogP contribution < -0.4 is 4.74 Å². The van der Waals surface area contributed by atoms with Crippen molar-refractivity contribution in [3.05, 3.63) is 59.4 Å². The molecular formula is C15H13FO4S. The summed E-state index contributed by atoms with van der Waals surface area (Å²) in [5.74, 6) is -1.38. The molecule has 6 heteroatoms. The fourth-order valence-electron chi connectivity index (χ4n) is 1.81. The molecule has 0 aliphatic heterocycles. The number of aromatic carboxylic acids is 1. The molecule has 0 radical (unpaired) electrons.